The second-order valence-corrected chi connectivity index (χ2v) is 5.18. The Morgan fingerprint density at radius 2 is 1.93 bits per heavy atom. The Kier molecular flexibility index (Phi) is 5.38. The first-order valence-electron chi connectivity index (χ1n) is 6.51. The fourth-order valence-corrected chi connectivity index (χ4v) is 3.10. The Morgan fingerprint density at radius 1 is 1.33 bits per heavy atom. The van der Waals surface area contributed by atoms with Crippen LogP contribution in [0.15, 0.2) is 12.2 Å². The summed E-state index contributed by atoms with van der Waals surface area (Å²) in [6.45, 7) is 8.55. The molecule has 15 heavy (non-hydrogen) atoms. The lowest BCUT2D eigenvalue weighted by molar-refractivity contribution is 0.232. The van der Waals surface area contributed by atoms with Gasteiger partial charge in [-0.05, 0) is 38.6 Å². The normalized spacial score (nSPS) is 28.7. The predicted molar refractivity (Wildman–Crippen MR) is 68.0 cm³/mol. The maximum absolute atomic E-state index is 4.09. The molecule has 1 N–H and O–H groups in total. The van der Waals surface area contributed by atoms with E-state index in [9.17, 15) is 0 Å². The largest absolute Gasteiger partial charge is 0.313 e. The van der Waals surface area contributed by atoms with E-state index in [1.54, 1.807) is 0 Å². The number of hydrogen-bond donors (Lipinski definition) is 1. The van der Waals surface area contributed by atoms with E-state index < -0.39 is 0 Å². The van der Waals surface area contributed by atoms with Gasteiger partial charge in [0.1, 0.15) is 0 Å². The van der Waals surface area contributed by atoms with Crippen LogP contribution in [0.4, 0.5) is 0 Å². The number of hydrogen-bond acceptors (Lipinski definition) is 1. The van der Waals surface area contributed by atoms with Gasteiger partial charge in [-0.3, -0.25) is 0 Å². The molecule has 0 aliphatic heterocycles. The van der Waals surface area contributed by atoms with Gasteiger partial charge in [0.2, 0.25) is 0 Å². The third kappa shape index (κ3) is 3.64. The summed E-state index contributed by atoms with van der Waals surface area (Å²) in [7, 11) is 2.07. The van der Waals surface area contributed by atoms with Gasteiger partial charge in [0.05, 0.1) is 0 Å². The molecule has 1 aliphatic carbocycles. The molecule has 1 fully saturated rings. The molecule has 0 radical (unpaired) electrons. The quantitative estimate of drug-likeness (QED) is 0.680. The molecule has 0 spiro atoms. The van der Waals surface area contributed by atoms with E-state index in [1.807, 2.05) is 0 Å². The lowest BCUT2D eigenvalue weighted by atomic mass is 9.76. The van der Waals surface area contributed by atoms with Crippen LogP contribution in [0.3, 0.4) is 0 Å². The fraction of sp³-hybridized carbons (Fsp3) is 0.857. The Bertz CT molecular complexity index is 190. The van der Waals surface area contributed by atoms with Gasteiger partial charge >= 0.3 is 0 Å². The summed E-state index contributed by atoms with van der Waals surface area (Å²) >= 11 is 0. The van der Waals surface area contributed by atoms with Crippen molar-refractivity contribution < 1.29 is 0 Å². The molecule has 0 saturated heterocycles. The van der Waals surface area contributed by atoms with Crippen LogP contribution in [0, 0.1) is 11.8 Å². The molecule has 0 aromatic rings. The number of likely N-dealkylation sites (N-methyl/N-ethyl adjacent to an activating group) is 1. The summed E-state index contributed by atoms with van der Waals surface area (Å²) in [4.78, 5) is 0. The SMILES string of the molecule is C=C(C)C(NC)C1CCC(CCC)CC1. The van der Waals surface area contributed by atoms with Crippen LogP contribution in [0.2, 0.25) is 0 Å². The molecule has 0 aromatic carbocycles. The summed E-state index contributed by atoms with van der Waals surface area (Å²) in [5.41, 5.74) is 1.30. The predicted octanol–water partition coefficient (Wildman–Crippen LogP) is 3.76. The highest BCUT2D eigenvalue weighted by Crippen LogP contribution is 2.34. The van der Waals surface area contributed by atoms with Gasteiger partial charge in [-0.1, -0.05) is 44.8 Å². The summed E-state index contributed by atoms with van der Waals surface area (Å²) in [6.07, 6.45) is 8.44. The number of rotatable bonds is 5. The summed E-state index contributed by atoms with van der Waals surface area (Å²) < 4.78 is 0. The Hall–Kier alpha value is -0.300. The van der Waals surface area contributed by atoms with Crippen LogP contribution >= 0.6 is 0 Å². The van der Waals surface area contributed by atoms with Gasteiger partial charge in [-0.25, -0.2) is 0 Å². The first kappa shape index (κ1) is 12.8. The van der Waals surface area contributed by atoms with Crippen LogP contribution in [0.1, 0.15) is 52.4 Å². The minimum atomic E-state index is 0.549. The first-order chi connectivity index (χ1) is 7.19. The minimum absolute atomic E-state index is 0.549. The molecule has 0 heterocycles. The molecule has 1 heteroatoms. The van der Waals surface area contributed by atoms with Crippen molar-refractivity contribution in [3.63, 3.8) is 0 Å². The second kappa shape index (κ2) is 6.32. The third-order valence-electron chi connectivity index (χ3n) is 3.90. The number of nitrogens with one attached hydrogen (secondary N) is 1. The van der Waals surface area contributed by atoms with Gasteiger partial charge in [-0.15, -0.1) is 0 Å². The van der Waals surface area contributed by atoms with Crippen LogP contribution in [-0.2, 0) is 0 Å². The van der Waals surface area contributed by atoms with Crippen molar-refractivity contribution in [3.8, 4) is 0 Å². The highest BCUT2D eigenvalue weighted by molar-refractivity contribution is 5.04. The average molecular weight is 209 g/mol. The topological polar surface area (TPSA) is 12.0 Å². The van der Waals surface area contributed by atoms with E-state index >= 15 is 0 Å². The van der Waals surface area contributed by atoms with E-state index in [1.165, 1.54) is 44.1 Å². The molecule has 88 valence electrons. The smallest absolute Gasteiger partial charge is 0.0299 e. The van der Waals surface area contributed by atoms with Crippen molar-refractivity contribution >= 4 is 0 Å². The maximum Gasteiger partial charge on any atom is 0.0299 e. The zero-order valence-electron chi connectivity index (χ0n) is 10.7. The summed E-state index contributed by atoms with van der Waals surface area (Å²) in [5.74, 6) is 1.84. The van der Waals surface area contributed by atoms with E-state index in [0.717, 1.165) is 11.8 Å². The van der Waals surface area contributed by atoms with Gasteiger partial charge in [0.25, 0.3) is 0 Å². The standard InChI is InChI=1S/C14H27N/c1-5-6-12-7-9-13(10-8-12)14(15-4)11(2)3/h12-15H,2,5-10H2,1,3-4H3. The van der Waals surface area contributed by atoms with Crippen molar-refractivity contribution in [3.05, 3.63) is 12.2 Å². The molecule has 0 aromatic heterocycles. The monoisotopic (exact) mass is 209 g/mol. The van der Waals surface area contributed by atoms with Crippen molar-refractivity contribution in [2.45, 2.75) is 58.4 Å². The molecule has 1 atom stereocenters. The van der Waals surface area contributed by atoms with Crippen molar-refractivity contribution in [1.29, 1.82) is 0 Å². The summed E-state index contributed by atoms with van der Waals surface area (Å²) in [5, 5.41) is 3.42. The van der Waals surface area contributed by atoms with Crippen LogP contribution in [-0.4, -0.2) is 13.1 Å². The van der Waals surface area contributed by atoms with Gasteiger partial charge < -0.3 is 5.32 Å². The highest BCUT2D eigenvalue weighted by atomic mass is 14.9. The Morgan fingerprint density at radius 3 is 2.33 bits per heavy atom. The van der Waals surface area contributed by atoms with Crippen LogP contribution in [0.25, 0.3) is 0 Å². The second-order valence-electron chi connectivity index (χ2n) is 5.18. The van der Waals surface area contributed by atoms with Gasteiger partial charge in [0.15, 0.2) is 0 Å². The average Bonchev–Trinajstić information content (AvgIpc) is 2.21. The zero-order chi connectivity index (χ0) is 11.3. The molecule has 0 bridgehead atoms. The highest BCUT2D eigenvalue weighted by Gasteiger charge is 2.26. The fourth-order valence-electron chi connectivity index (χ4n) is 3.10. The molecule has 1 unspecified atom stereocenters. The zero-order valence-corrected chi connectivity index (χ0v) is 10.7. The molecule has 0 amide bonds. The van der Waals surface area contributed by atoms with Gasteiger partial charge in [0, 0.05) is 6.04 Å². The summed E-state index contributed by atoms with van der Waals surface area (Å²) in [6, 6.07) is 0.549. The van der Waals surface area contributed by atoms with E-state index in [0.29, 0.717) is 6.04 Å². The van der Waals surface area contributed by atoms with Gasteiger partial charge in [-0.2, -0.15) is 0 Å². The molecule has 1 rings (SSSR count). The molecular formula is C14H27N. The van der Waals surface area contributed by atoms with Crippen LogP contribution < -0.4 is 5.32 Å². The Labute approximate surface area is 95.3 Å². The van der Waals surface area contributed by atoms with Crippen molar-refractivity contribution in [2.24, 2.45) is 11.8 Å². The van der Waals surface area contributed by atoms with E-state index in [2.05, 4.69) is 32.8 Å². The van der Waals surface area contributed by atoms with Crippen LogP contribution in [0.5, 0.6) is 0 Å². The van der Waals surface area contributed by atoms with E-state index in [4.69, 9.17) is 0 Å². The lowest BCUT2D eigenvalue weighted by Gasteiger charge is -2.34. The lowest BCUT2D eigenvalue weighted by Crippen LogP contribution is -2.36. The third-order valence-corrected chi connectivity index (χ3v) is 3.90. The first-order valence-corrected chi connectivity index (χ1v) is 6.51. The van der Waals surface area contributed by atoms with E-state index in [-0.39, 0.29) is 0 Å². The van der Waals surface area contributed by atoms with Crippen molar-refractivity contribution in [1.82, 2.24) is 5.32 Å². The molecule has 1 saturated carbocycles. The van der Waals surface area contributed by atoms with Crippen molar-refractivity contribution in [2.75, 3.05) is 7.05 Å². The maximum atomic E-state index is 4.09. The molecule has 1 nitrogen and oxygen atoms in total. The minimum Gasteiger partial charge on any atom is -0.313 e. The Balaban J connectivity index is 2.38. The molecule has 1 aliphatic rings. The molecular weight excluding hydrogens is 182 g/mol.